The normalized spacial score (nSPS) is 21.0. The molecule has 0 saturated heterocycles. The van der Waals surface area contributed by atoms with E-state index in [9.17, 15) is 4.79 Å². The molecule has 0 radical (unpaired) electrons. The van der Waals surface area contributed by atoms with Gasteiger partial charge in [-0.3, -0.25) is 0 Å². The van der Waals surface area contributed by atoms with E-state index in [4.69, 9.17) is 10.2 Å². The van der Waals surface area contributed by atoms with E-state index in [1.54, 1.807) is 0 Å². The Morgan fingerprint density at radius 3 is 2.57 bits per heavy atom. The molecule has 1 aliphatic carbocycles. The fourth-order valence-corrected chi connectivity index (χ4v) is 1.94. The van der Waals surface area contributed by atoms with E-state index in [0.717, 1.165) is 12.8 Å². The van der Waals surface area contributed by atoms with Crippen molar-refractivity contribution in [3.05, 3.63) is 0 Å². The summed E-state index contributed by atoms with van der Waals surface area (Å²) in [5.41, 5.74) is 0.396. The Balaban J connectivity index is 2.23. The van der Waals surface area contributed by atoms with Gasteiger partial charge in [-0.2, -0.15) is 0 Å². The molecule has 1 aliphatic rings. The molecule has 0 aromatic carbocycles. The monoisotopic (exact) mass is 201 g/mol. The number of nitrogens with one attached hydrogen (secondary N) is 1. The molecule has 1 rings (SSSR count). The highest BCUT2D eigenvalue weighted by Crippen LogP contribution is 2.44. The molecule has 14 heavy (non-hydrogen) atoms. The third-order valence-corrected chi connectivity index (χ3v) is 3.20. The van der Waals surface area contributed by atoms with Gasteiger partial charge in [0.05, 0.1) is 12.6 Å². The SMILES string of the molecule is CC1(CCC(CO)NC(=O)O)CCC1. The molecule has 4 heteroatoms. The Morgan fingerprint density at radius 1 is 1.57 bits per heavy atom. The van der Waals surface area contributed by atoms with Gasteiger partial charge >= 0.3 is 6.09 Å². The number of amides is 1. The summed E-state index contributed by atoms with van der Waals surface area (Å²) in [6.45, 7) is 2.12. The molecule has 0 heterocycles. The van der Waals surface area contributed by atoms with E-state index in [-0.39, 0.29) is 12.6 Å². The lowest BCUT2D eigenvalue weighted by Crippen LogP contribution is -2.38. The van der Waals surface area contributed by atoms with Crippen molar-refractivity contribution < 1.29 is 15.0 Å². The largest absolute Gasteiger partial charge is 0.465 e. The molecule has 0 bridgehead atoms. The summed E-state index contributed by atoms with van der Waals surface area (Å²) in [5.74, 6) is 0. The zero-order valence-electron chi connectivity index (χ0n) is 8.62. The number of carboxylic acid groups (broad SMARTS) is 1. The molecule has 82 valence electrons. The fraction of sp³-hybridized carbons (Fsp3) is 0.900. The minimum Gasteiger partial charge on any atom is -0.465 e. The van der Waals surface area contributed by atoms with Crippen molar-refractivity contribution in [2.75, 3.05) is 6.61 Å². The zero-order chi connectivity index (χ0) is 10.6. The quantitative estimate of drug-likeness (QED) is 0.632. The lowest BCUT2D eigenvalue weighted by atomic mass is 9.67. The van der Waals surface area contributed by atoms with E-state index in [0.29, 0.717) is 5.41 Å². The van der Waals surface area contributed by atoms with Gasteiger partial charge in [-0.25, -0.2) is 4.79 Å². The molecule has 0 aromatic heterocycles. The van der Waals surface area contributed by atoms with Crippen LogP contribution in [0.3, 0.4) is 0 Å². The molecular formula is C10H19NO3. The number of aliphatic hydroxyl groups is 1. The van der Waals surface area contributed by atoms with E-state index < -0.39 is 6.09 Å². The summed E-state index contributed by atoms with van der Waals surface area (Å²) < 4.78 is 0. The average Bonchev–Trinajstić information content (AvgIpc) is 2.08. The second-order valence-electron chi connectivity index (χ2n) is 4.53. The van der Waals surface area contributed by atoms with Crippen molar-refractivity contribution in [2.45, 2.75) is 45.1 Å². The second-order valence-corrected chi connectivity index (χ2v) is 4.53. The molecule has 1 fully saturated rings. The number of hydrogen-bond acceptors (Lipinski definition) is 2. The highest BCUT2D eigenvalue weighted by molar-refractivity contribution is 5.64. The smallest absolute Gasteiger partial charge is 0.404 e. The topological polar surface area (TPSA) is 69.6 Å². The Hall–Kier alpha value is -0.770. The van der Waals surface area contributed by atoms with Crippen LogP contribution in [-0.4, -0.2) is 29.0 Å². The molecular weight excluding hydrogens is 182 g/mol. The third-order valence-electron chi connectivity index (χ3n) is 3.20. The van der Waals surface area contributed by atoms with Crippen molar-refractivity contribution >= 4 is 6.09 Å². The number of carbonyl (C=O) groups is 1. The minimum absolute atomic E-state index is 0.109. The number of hydrogen-bond donors (Lipinski definition) is 3. The van der Waals surface area contributed by atoms with Crippen LogP contribution in [0.15, 0.2) is 0 Å². The summed E-state index contributed by atoms with van der Waals surface area (Å²) in [7, 11) is 0. The fourth-order valence-electron chi connectivity index (χ4n) is 1.94. The van der Waals surface area contributed by atoms with Gasteiger partial charge < -0.3 is 15.5 Å². The average molecular weight is 201 g/mol. The van der Waals surface area contributed by atoms with Crippen LogP contribution in [0, 0.1) is 5.41 Å². The van der Waals surface area contributed by atoms with Crippen molar-refractivity contribution in [3.8, 4) is 0 Å². The lowest BCUT2D eigenvalue weighted by molar-refractivity contribution is 0.124. The predicted octanol–water partition coefficient (Wildman–Crippen LogP) is 1.59. The minimum atomic E-state index is -1.05. The Bertz CT molecular complexity index is 202. The summed E-state index contributed by atoms with van der Waals surface area (Å²) >= 11 is 0. The zero-order valence-corrected chi connectivity index (χ0v) is 8.62. The van der Waals surface area contributed by atoms with Crippen molar-refractivity contribution in [2.24, 2.45) is 5.41 Å². The maximum Gasteiger partial charge on any atom is 0.404 e. The first-order chi connectivity index (χ1) is 6.56. The standard InChI is InChI=1S/C10H19NO3/c1-10(4-2-5-10)6-3-8(7-12)11-9(13)14/h8,11-12H,2-7H2,1H3,(H,13,14). The Labute approximate surface area is 84.3 Å². The van der Waals surface area contributed by atoms with E-state index in [2.05, 4.69) is 12.2 Å². The second kappa shape index (κ2) is 4.64. The third kappa shape index (κ3) is 3.18. The van der Waals surface area contributed by atoms with Crippen LogP contribution < -0.4 is 5.32 Å². The maximum atomic E-state index is 10.4. The van der Waals surface area contributed by atoms with Gasteiger partial charge in [-0.15, -0.1) is 0 Å². The first-order valence-electron chi connectivity index (χ1n) is 5.16. The number of rotatable bonds is 5. The van der Waals surface area contributed by atoms with Crippen LogP contribution in [0.2, 0.25) is 0 Å². The van der Waals surface area contributed by atoms with Crippen LogP contribution in [0.4, 0.5) is 4.79 Å². The van der Waals surface area contributed by atoms with Gasteiger partial charge in [-0.05, 0) is 31.1 Å². The van der Waals surface area contributed by atoms with Gasteiger partial charge in [0.25, 0.3) is 0 Å². The molecule has 1 amide bonds. The Morgan fingerprint density at radius 2 is 2.21 bits per heavy atom. The molecule has 1 saturated carbocycles. The van der Waals surface area contributed by atoms with Gasteiger partial charge in [0.2, 0.25) is 0 Å². The van der Waals surface area contributed by atoms with Crippen molar-refractivity contribution in [1.82, 2.24) is 5.32 Å². The van der Waals surface area contributed by atoms with Gasteiger partial charge in [0.15, 0.2) is 0 Å². The molecule has 0 aliphatic heterocycles. The van der Waals surface area contributed by atoms with Crippen molar-refractivity contribution in [1.29, 1.82) is 0 Å². The maximum absolute atomic E-state index is 10.4. The van der Waals surface area contributed by atoms with E-state index in [1.807, 2.05) is 0 Å². The highest BCUT2D eigenvalue weighted by Gasteiger charge is 2.31. The van der Waals surface area contributed by atoms with Crippen LogP contribution in [-0.2, 0) is 0 Å². The Kier molecular flexibility index (Phi) is 3.75. The van der Waals surface area contributed by atoms with Crippen LogP contribution >= 0.6 is 0 Å². The van der Waals surface area contributed by atoms with Gasteiger partial charge in [0, 0.05) is 0 Å². The van der Waals surface area contributed by atoms with Gasteiger partial charge in [0.1, 0.15) is 0 Å². The first kappa shape index (κ1) is 11.3. The van der Waals surface area contributed by atoms with Gasteiger partial charge in [-0.1, -0.05) is 13.3 Å². The van der Waals surface area contributed by atoms with E-state index >= 15 is 0 Å². The molecule has 1 atom stereocenters. The molecule has 0 spiro atoms. The molecule has 1 unspecified atom stereocenters. The summed E-state index contributed by atoms with van der Waals surface area (Å²) in [6.07, 6.45) is 4.43. The lowest BCUT2D eigenvalue weighted by Gasteiger charge is -2.39. The summed E-state index contributed by atoms with van der Waals surface area (Å²) in [5, 5.41) is 19.7. The molecule has 0 aromatic rings. The van der Waals surface area contributed by atoms with Crippen LogP contribution in [0.5, 0.6) is 0 Å². The summed E-state index contributed by atoms with van der Waals surface area (Å²) in [4.78, 5) is 10.4. The molecule has 4 nitrogen and oxygen atoms in total. The van der Waals surface area contributed by atoms with Crippen LogP contribution in [0.25, 0.3) is 0 Å². The highest BCUT2D eigenvalue weighted by atomic mass is 16.4. The predicted molar refractivity (Wildman–Crippen MR) is 53.2 cm³/mol. The van der Waals surface area contributed by atoms with E-state index in [1.165, 1.54) is 19.3 Å². The van der Waals surface area contributed by atoms with Crippen molar-refractivity contribution in [3.63, 3.8) is 0 Å². The summed E-state index contributed by atoms with van der Waals surface area (Å²) in [6, 6.07) is -0.301. The van der Waals surface area contributed by atoms with Crippen LogP contribution in [0.1, 0.15) is 39.0 Å². The number of aliphatic hydroxyl groups excluding tert-OH is 1. The molecule has 3 N–H and O–H groups in total. The first-order valence-corrected chi connectivity index (χ1v) is 5.16.